The zero-order valence-electron chi connectivity index (χ0n) is 11.8. The zero-order chi connectivity index (χ0) is 13.8. The summed E-state index contributed by atoms with van der Waals surface area (Å²) in [6, 6.07) is 0.594. The molecule has 104 valence electrons. The minimum Gasteiger partial charge on any atom is -0.464 e. The molecule has 1 saturated carbocycles. The Morgan fingerprint density at radius 3 is 2.63 bits per heavy atom. The third kappa shape index (κ3) is 3.66. The largest absolute Gasteiger partial charge is 0.464 e. The molecule has 2 rings (SSSR count). The van der Waals surface area contributed by atoms with E-state index in [9.17, 15) is 4.79 Å². The van der Waals surface area contributed by atoms with Gasteiger partial charge in [0.2, 0.25) is 0 Å². The van der Waals surface area contributed by atoms with E-state index in [1.165, 1.54) is 26.1 Å². The quantitative estimate of drug-likeness (QED) is 0.737. The maximum absolute atomic E-state index is 11.3. The number of esters is 1. The molecule has 0 saturated heterocycles. The summed E-state index contributed by atoms with van der Waals surface area (Å²) in [6.45, 7) is 5.43. The summed E-state index contributed by atoms with van der Waals surface area (Å²) in [5, 5.41) is 0. The smallest absolute Gasteiger partial charge is 0.358 e. The average Bonchev–Trinajstić information content (AvgIpc) is 3.23. The van der Waals surface area contributed by atoms with Crippen molar-refractivity contribution in [2.75, 3.05) is 18.6 Å². The van der Waals surface area contributed by atoms with Crippen LogP contribution in [0.4, 0.5) is 5.82 Å². The summed E-state index contributed by atoms with van der Waals surface area (Å²) in [7, 11) is 1.34. The summed E-state index contributed by atoms with van der Waals surface area (Å²) in [5.41, 5.74) is 0.255. The van der Waals surface area contributed by atoms with Crippen molar-refractivity contribution in [2.45, 2.75) is 39.2 Å². The first-order valence-corrected chi connectivity index (χ1v) is 6.78. The summed E-state index contributed by atoms with van der Waals surface area (Å²) in [4.78, 5) is 22.1. The molecule has 0 N–H and O–H groups in total. The Balaban J connectivity index is 2.07. The van der Waals surface area contributed by atoms with Gasteiger partial charge in [-0.05, 0) is 25.2 Å². The van der Waals surface area contributed by atoms with Crippen LogP contribution in [0.3, 0.4) is 0 Å². The summed E-state index contributed by atoms with van der Waals surface area (Å²) in [5.74, 6) is 1.08. The van der Waals surface area contributed by atoms with Gasteiger partial charge in [0.05, 0.1) is 19.5 Å². The molecule has 5 nitrogen and oxygen atoms in total. The van der Waals surface area contributed by atoms with E-state index in [2.05, 4.69) is 33.5 Å². The zero-order valence-corrected chi connectivity index (χ0v) is 11.8. The number of nitrogens with zero attached hydrogens (tertiary/aromatic N) is 3. The maximum Gasteiger partial charge on any atom is 0.358 e. The van der Waals surface area contributed by atoms with Gasteiger partial charge in [0.25, 0.3) is 0 Å². The van der Waals surface area contributed by atoms with Crippen molar-refractivity contribution in [3.05, 3.63) is 18.1 Å². The Bertz CT molecular complexity index is 427. The van der Waals surface area contributed by atoms with Crippen LogP contribution in [-0.4, -0.2) is 35.6 Å². The van der Waals surface area contributed by atoms with Gasteiger partial charge in [-0.15, -0.1) is 0 Å². The number of aromatic nitrogens is 2. The van der Waals surface area contributed by atoms with Crippen molar-refractivity contribution in [1.29, 1.82) is 0 Å². The second kappa shape index (κ2) is 5.99. The predicted molar refractivity (Wildman–Crippen MR) is 73.2 cm³/mol. The SMILES string of the molecule is COC(=O)c1cnc(N(CCC(C)C)C2CC2)cn1. The van der Waals surface area contributed by atoms with Crippen LogP contribution < -0.4 is 4.90 Å². The van der Waals surface area contributed by atoms with E-state index < -0.39 is 5.97 Å². The molecule has 0 aromatic carbocycles. The molecule has 1 heterocycles. The number of anilines is 1. The molecule has 0 amide bonds. The second-order valence-corrected chi connectivity index (χ2v) is 5.36. The Hall–Kier alpha value is -1.65. The molecule has 0 radical (unpaired) electrons. The first-order valence-electron chi connectivity index (χ1n) is 6.78. The van der Waals surface area contributed by atoms with E-state index in [1.54, 1.807) is 6.20 Å². The molecule has 1 aromatic rings. The van der Waals surface area contributed by atoms with Gasteiger partial charge in [-0.25, -0.2) is 14.8 Å². The van der Waals surface area contributed by atoms with Crippen LogP contribution in [0.1, 0.15) is 43.6 Å². The highest BCUT2D eigenvalue weighted by molar-refractivity contribution is 5.86. The molecule has 0 spiro atoms. The topological polar surface area (TPSA) is 55.3 Å². The molecular formula is C14H21N3O2. The Morgan fingerprint density at radius 2 is 2.16 bits per heavy atom. The van der Waals surface area contributed by atoms with Crippen LogP contribution >= 0.6 is 0 Å². The summed E-state index contributed by atoms with van der Waals surface area (Å²) >= 11 is 0. The van der Waals surface area contributed by atoms with Crippen LogP contribution in [0.2, 0.25) is 0 Å². The molecular weight excluding hydrogens is 242 g/mol. The van der Waals surface area contributed by atoms with Gasteiger partial charge in [-0.3, -0.25) is 0 Å². The van der Waals surface area contributed by atoms with E-state index >= 15 is 0 Å². The van der Waals surface area contributed by atoms with Gasteiger partial charge >= 0.3 is 5.97 Å². The molecule has 1 aromatic heterocycles. The lowest BCUT2D eigenvalue weighted by molar-refractivity contribution is 0.0593. The third-order valence-electron chi connectivity index (χ3n) is 3.26. The molecule has 1 aliphatic rings. The van der Waals surface area contributed by atoms with Gasteiger partial charge in [0.15, 0.2) is 5.69 Å². The van der Waals surface area contributed by atoms with E-state index in [4.69, 9.17) is 0 Å². The molecule has 1 aliphatic carbocycles. The number of hydrogen-bond acceptors (Lipinski definition) is 5. The van der Waals surface area contributed by atoms with Crippen LogP contribution in [0.15, 0.2) is 12.4 Å². The van der Waals surface area contributed by atoms with Crippen molar-refractivity contribution in [2.24, 2.45) is 5.92 Å². The van der Waals surface area contributed by atoms with Crippen LogP contribution in [0.25, 0.3) is 0 Å². The van der Waals surface area contributed by atoms with Crippen LogP contribution in [-0.2, 0) is 4.74 Å². The summed E-state index contributed by atoms with van der Waals surface area (Å²) in [6.07, 6.45) is 6.74. The van der Waals surface area contributed by atoms with Gasteiger partial charge in [0.1, 0.15) is 5.82 Å². The predicted octanol–water partition coefficient (Wildman–Crippen LogP) is 2.28. The van der Waals surface area contributed by atoms with E-state index in [1.807, 2.05) is 0 Å². The average molecular weight is 263 g/mol. The Kier molecular flexibility index (Phi) is 4.35. The molecule has 19 heavy (non-hydrogen) atoms. The lowest BCUT2D eigenvalue weighted by atomic mass is 10.1. The standard InChI is InChI=1S/C14H21N3O2/c1-10(2)6-7-17(11-4-5-11)13-9-15-12(8-16-13)14(18)19-3/h8-11H,4-7H2,1-3H3. The van der Waals surface area contributed by atoms with Crippen molar-refractivity contribution >= 4 is 11.8 Å². The minimum atomic E-state index is -0.445. The fraction of sp³-hybridized carbons (Fsp3) is 0.643. The second-order valence-electron chi connectivity index (χ2n) is 5.36. The highest BCUT2D eigenvalue weighted by Gasteiger charge is 2.30. The Labute approximate surface area is 114 Å². The fourth-order valence-electron chi connectivity index (χ4n) is 1.95. The molecule has 0 unspecified atom stereocenters. The van der Waals surface area contributed by atoms with Gasteiger partial charge in [0, 0.05) is 12.6 Å². The number of carbonyl (C=O) groups excluding carboxylic acids is 1. The molecule has 1 fully saturated rings. The number of carbonyl (C=O) groups is 1. The van der Waals surface area contributed by atoms with Gasteiger partial charge in [-0.2, -0.15) is 0 Å². The van der Waals surface area contributed by atoms with Crippen molar-refractivity contribution in [3.63, 3.8) is 0 Å². The number of ether oxygens (including phenoxy) is 1. The van der Waals surface area contributed by atoms with E-state index in [0.29, 0.717) is 12.0 Å². The Morgan fingerprint density at radius 1 is 1.42 bits per heavy atom. The first-order chi connectivity index (χ1) is 9.11. The number of methoxy groups -OCH3 is 1. The molecule has 0 aliphatic heterocycles. The normalized spacial score (nSPS) is 14.5. The molecule has 5 heteroatoms. The van der Waals surface area contributed by atoms with Gasteiger partial charge in [-0.1, -0.05) is 13.8 Å². The van der Waals surface area contributed by atoms with Crippen LogP contribution in [0, 0.1) is 5.92 Å². The molecule has 0 bridgehead atoms. The number of hydrogen-bond donors (Lipinski definition) is 0. The van der Waals surface area contributed by atoms with Crippen molar-refractivity contribution < 1.29 is 9.53 Å². The van der Waals surface area contributed by atoms with Gasteiger partial charge < -0.3 is 9.64 Å². The third-order valence-corrected chi connectivity index (χ3v) is 3.26. The minimum absolute atomic E-state index is 0.255. The highest BCUT2D eigenvalue weighted by Crippen LogP contribution is 2.30. The van der Waals surface area contributed by atoms with Crippen molar-refractivity contribution in [3.8, 4) is 0 Å². The fourth-order valence-corrected chi connectivity index (χ4v) is 1.95. The summed E-state index contributed by atoms with van der Waals surface area (Å²) < 4.78 is 4.62. The highest BCUT2D eigenvalue weighted by atomic mass is 16.5. The molecule has 0 atom stereocenters. The van der Waals surface area contributed by atoms with Crippen molar-refractivity contribution in [1.82, 2.24) is 9.97 Å². The van der Waals surface area contributed by atoms with Crippen LogP contribution in [0.5, 0.6) is 0 Å². The van der Waals surface area contributed by atoms with E-state index in [-0.39, 0.29) is 5.69 Å². The first kappa shape index (κ1) is 13.8. The lowest BCUT2D eigenvalue weighted by Crippen LogP contribution is -2.28. The lowest BCUT2D eigenvalue weighted by Gasteiger charge is -2.24. The van der Waals surface area contributed by atoms with E-state index in [0.717, 1.165) is 18.8 Å². The number of rotatable bonds is 6. The maximum atomic E-state index is 11.3. The monoisotopic (exact) mass is 263 g/mol.